The molecule has 2 aromatic rings. The highest BCUT2D eigenvalue weighted by Gasteiger charge is 2.27. The second kappa shape index (κ2) is 8.86. The van der Waals surface area contributed by atoms with Gasteiger partial charge in [-0.2, -0.15) is 5.26 Å². The number of piperazine rings is 1. The number of carbonyl (C=O) groups excluding carboxylic acids is 1. The van der Waals surface area contributed by atoms with Crippen LogP contribution in [0.2, 0.25) is 0 Å². The van der Waals surface area contributed by atoms with Crippen LogP contribution in [0, 0.1) is 21.4 Å². The minimum atomic E-state index is -0.473. The Morgan fingerprint density at radius 1 is 1.23 bits per heavy atom. The van der Waals surface area contributed by atoms with Crippen molar-refractivity contribution >= 4 is 28.3 Å². The third kappa shape index (κ3) is 4.44. The Hall–Kier alpha value is -3.25. The SMILES string of the molecule is CC1CCCCN1C(=O)CN1CCN(c2cc(C#N)c3cc([N+](=O)[O-])ccc3n2)CC1. The largest absolute Gasteiger partial charge is 0.354 e. The summed E-state index contributed by atoms with van der Waals surface area (Å²) in [4.78, 5) is 34.2. The number of non-ortho nitro benzene ring substituents is 1. The van der Waals surface area contributed by atoms with E-state index >= 15 is 0 Å². The summed E-state index contributed by atoms with van der Waals surface area (Å²) < 4.78 is 0. The van der Waals surface area contributed by atoms with Gasteiger partial charge in [0, 0.05) is 56.3 Å². The maximum absolute atomic E-state index is 12.7. The van der Waals surface area contributed by atoms with Crippen LogP contribution in [-0.4, -0.2) is 70.9 Å². The lowest BCUT2D eigenvalue weighted by atomic mass is 10.0. The fourth-order valence-corrected chi connectivity index (χ4v) is 4.45. The van der Waals surface area contributed by atoms with Gasteiger partial charge in [0.25, 0.3) is 5.69 Å². The Morgan fingerprint density at radius 3 is 2.68 bits per heavy atom. The number of nitriles is 1. The smallest absolute Gasteiger partial charge is 0.270 e. The summed E-state index contributed by atoms with van der Waals surface area (Å²) in [7, 11) is 0. The molecule has 0 spiro atoms. The van der Waals surface area contributed by atoms with Crippen LogP contribution in [0.25, 0.3) is 10.9 Å². The molecule has 1 atom stereocenters. The van der Waals surface area contributed by atoms with E-state index in [0.29, 0.717) is 48.0 Å². The molecule has 3 heterocycles. The van der Waals surface area contributed by atoms with Gasteiger partial charge < -0.3 is 9.80 Å². The lowest BCUT2D eigenvalue weighted by molar-refractivity contribution is -0.384. The first-order chi connectivity index (χ1) is 15.0. The van der Waals surface area contributed by atoms with Gasteiger partial charge in [0.15, 0.2) is 0 Å². The molecule has 2 fully saturated rings. The molecule has 4 rings (SSSR count). The number of likely N-dealkylation sites (tertiary alicyclic amines) is 1. The summed E-state index contributed by atoms with van der Waals surface area (Å²) >= 11 is 0. The van der Waals surface area contributed by atoms with Crippen molar-refractivity contribution in [2.75, 3.05) is 44.2 Å². The molecular weight excluding hydrogens is 396 g/mol. The molecule has 2 aliphatic heterocycles. The molecule has 9 nitrogen and oxygen atoms in total. The molecule has 162 valence electrons. The number of amides is 1. The molecule has 31 heavy (non-hydrogen) atoms. The average Bonchev–Trinajstić information content (AvgIpc) is 2.78. The van der Waals surface area contributed by atoms with Crippen molar-refractivity contribution in [2.24, 2.45) is 0 Å². The fraction of sp³-hybridized carbons (Fsp3) is 0.500. The highest BCUT2D eigenvalue weighted by atomic mass is 16.6. The molecule has 1 aromatic heterocycles. The summed E-state index contributed by atoms with van der Waals surface area (Å²) in [5.41, 5.74) is 0.886. The second-order valence-corrected chi connectivity index (χ2v) is 8.29. The van der Waals surface area contributed by atoms with E-state index < -0.39 is 4.92 Å². The zero-order valence-electron chi connectivity index (χ0n) is 17.7. The van der Waals surface area contributed by atoms with Gasteiger partial charge in [0.1, 0.15) is 5.82 Å². The Labute approximate surface area is 181 Å². The zero-order valence-corrected chi connectivity index (χ0v) is 17.7. The van der Waals surface area contributed by atoms with Crippen molar-refractivity contribution < 1.29 is 9.72 Å². The molecule has 1 aromatic carbocycles. The highest BCUT2D eigenvalue weighted by molar-refractivity contribution is 5.88. The van der Waals surface area contributed by atoms with Gasteiger partial charge in [-0.1, -0.05) is 0 Å². The Balaban J connectivity index is 1.43. The quantitative estimate of drug-likeness (QED) is 0.550. The maximum Gasteiger partial charge on any atom is 0.270 e. The first kappa shape index (κ1) is 21.0. The second-order valence-electron chi connectivity index (χ2n) is 8.29. The predicted molar refractivity (Wildman–Crippen MR) is 117 cm³/mol. The monoisotopic (exact) mass is 422 g/mol. The molecular formula is C22H26N6O3. The van der Waals surface area contributed by atoms with E-state index in [2.05, 4.69) is 27.8 Å². The summed E-state index contributed by atoms with van der Waals surface area (Å²) in [6, 6.07) is 8.56. The molecule has 2 saturated heterocycles. The van der Waals surface area contributed by atoms with Crippen molar-refractivity contribution in [3.63, 3.8) is 0 Å². The van der Waals surface area contributed by atoms with Crippen LogP contribution in [0.15, 0.2) is 24.3 Å². The number of nitrogens with zero attached hydrogens (tertiary/aromatic N) is 6. The van der Waals surface area contributed by atoms with Crippen molar-refractivity contribution in [1.29, 1.82) is 5.26 Å². The molecule has 2 aliphatic rings. The van der Waals surface area contributed by atoms with Gasteiger partial charge in [-0.25, -0.2) is 4.98 Å². The number of piperidine rings is 1. The third-order valence-electron chi connectivity index (χ3n) is 6.29. The molecule has 0 N–H and O–H groups in total. The fourth-order valence-electron chi connectivity index (χ4n) is 4.45. The standard InChI is InChI=1S/C22H26N6O3/c1-16-4-2-3-7-27(16)22(29)15-25-8-10-26(11-9-25)21-12-17(14-23)19-13-18(28(30)31)5-6-20(19)24-21/h5-6,12-13,16H,2-4,7-11,15H2,1H3. The topological polar surface area (TPSA) is 107 Å². The zero-order chi connectivity index (χ0) is 22.0. The minimum absolute atomic E-state index is 0.0557. The van der Waals surface area contributed by atoms with Crippen LogP contribution in [-0.2, 0) is 4.79 Å². The van der Waals surface area contributed by atoms with Crippen LogP contribution in [0.1, 0.15) is 31.7 Å². The van der Waals surface area contributed by atoms with Gasteiger partial charge in [0.2, 0.25) is 5.91 Å². The number of anilines is 1. The number of fused-ring (bicyclic) bond motifs is 1. The summed E-state index contributed by atoms with van der Waals surface area (Å²) in [6.07, 6.45) is 3.36. The number of nitro groups is 1. The minimum Gasteiger partial charge on any atom is -0.354 e. The van der Waals surface area contributed by atoms with E-state index in [9.17, 15) is 20.2 Å². The maximum atomic E-state index is 12.7. The van der Waals surface area contributed by atoms with Crippen molar-refractivity contribution in [1.82, 2.24) is 14.8 Å². The van der Waals surface area contributed by atoms with Crippen molar-refractivity contribution in [2.45, 2.75) is 32.2 Å². The Bertz CT molecular complexity index is 1040. The molecule has 1 unspecified atom stereocenters. The van der Waals surface area contributed by atoms with Gasteiger partial charge >= 0.3 is 0 Å². The number of aromatic nitrogens is 1. The van der Waals surface area contributed by atoms with Crippen LogP contribution >= 0.6 is 0 Å². The number of rotatable bonds is 4. The van der Waals surface area contributed by atoms with Gasteiger partial charge in [-0.05, 0) is 38.3 Å². The summed E-state index contributed by atoms with van der Waals surface area (Å²) in [6.45, 7) is 6.33. The highest BCUT2D eigenvalue weighted by Crippen LogP contribution is 2.27. The Morgan fingerprint density at radius 2 is 2.00 bits per heavy atom. The van der Waals surface area contributed by atoms with E-state index in [-0.39, 0.29) is 11.6 Å². The Kier molecular flexibility index (Phi) is 6.00. The molecule has 0 radical (unpaired) electrons. The van der Waals surface area contributed by atoms with E-state index in [1.165, 1.54) is 18.6 Å². The van der Waals surface area contributed by atoms with Crippen LogP contribution in [0.4, 0.5) is 11.5 Å². The van der Waals surface area contributed by atoms with Crippen LogP contribution in [0.5, 0.6) is 0 Å². The number of pyridine rings is 1. The lowest BCUT2D eigenvalue weighted by Crippen LogP contribution is -2.52. The molecule has 0 bridgehead atoms. The summed E-state index contributed by atoms with van der Waals surface area (Å²) in [5, 5.41) is 21.1. The number of nitro benzene ring substituents is 1. The van der Waals surface area contributed by atoms with Crippen LogP contribution in [0.3, 0.4) is 0 Å². The van der Waals surface area contributed by atoms with E-state index in [4.69, 9.17) is 0 Å². The molecule has 1 amide bonds. The number of carbonyl (C=O) groups is 1. The first-order valence-electron chi connectivity index (χ1n) is 10.7. The van der Waals surface area contributed by atoms with Gasteiger partial charge in [-0.15, -0.1) is 0 Å². The average molecular weight is 422 g/mol. The van der Waals surface area contributed by atoms with E-state index in [1.807, 2.05) is 4.90 Å². The van der Waals surface area contributed by atoms with E-state index in [0.717, 1.165) is 32.5 Å². The van der Waals surface area contributed by atoms with Gasteiger partial charge in [-0.3, -0.25) is 19.8 Å². The van der Waals surface area contributed by atoms with Crippen molar-refractivity contribution in [3.05, 3.63) is 39.9 Å². The first-order valence-corrected chi connectivity index (χ1v) is 10.7. The van der Waals surface area contributed by atoms with Crippen molar-refractivity contribution in [3.8, 4) is 6.07 Å². The molecule has 9 heteroatoms. The van der Waals surface area contributed by atoms with E-state index in [1.54, 1.807) is 12.1 Å². The van der Waals surface area contributed by atoms with Crippen LogP contribution < -0.4 is 4.90 Å². The third-order valence-corrected chi connectivity index (χ3v) is 6.29. The number of hydrogen-bond donors (Lipinski definition) is 0. The summed E-state index contributed by atoms with van der Waals surface area (Å²) in [5.74, 6) is 0.895. The van der Waals surface area contributed by atoms with Gasteiger partial charge in [0.05, 0.1) is 28.6 Å². The number of benzene rings is 1. The normalized spacial score (nSPS) is 19.9. The molecule has 0 aliphatic carbocycles. The lowest BCUT2D eigenvalue weighted by Gasteiger charge is -2.38. The predicted octanol–water partition coefficient (Wildman–Crippen LogP) is 2.54. The molecule has 0 saturated carbocycles. The number of hydrogen-bond acceptors (Lipinski definition) is 7.